The number of carbonyl (C=O) groups is 1. The first kappa shape index (κ1) is 21.4. The van der Waals surface area contributed by atoms with E-state index in [9.17, 15) is 18.3 Å². The molecular weight excluding hydrogens is 456 g/mol. The van der Waals surface area contributed by atoms with Gasteiger partial charge in [0.25, 0.3) is 0 Å². The van der Waals surface area contributed by atoms with E-state index in [4.69, 9.17) is 5.14 Å². The quantitative estimate of drug-likeness (QED) is 0.511. The summed E-state index contributed by atoms with van der Waals surface area (Å²) in [6.07, 6.45) is -0.0163. The average molecular weight is 477 g/mol. The van der Waals surface area contributed by atoms with Gasteiger partial charge in [-0.25, -0.2) is 13.6 Å². The van der Waals surface area contributed by atoms with Crippen LogP contribution in [0.25, 0.3) is 0 Å². The molecule has 0 aliphatic rings. The number of halogens is 1. The van der Waals surface area contributed by atoms with Gasteiger partial charge >= 0.3 is 0 Å². The lowest BCUT2D eigenvalue weighted by molar-refractivity contribution is 0.0592. The van der Waals surface area contributed by atoms with E-state index >= 15 is 0 Å². The van der Waals surface area contributed by atoms with E-state index in [0.717, 1.165) is 4.47 Å². The van der Waals surface area contributed by atoms with Gasteiger partial charge in [0, 0.05) is 29.2 Å². The van der Waals surface area contributed by atoms with Gasteiger partial charge in [0.05, 0.1) is 11.4 Å². The zero-order valence-corrected chi connectivity index (χ0v) is 18.2. The molecule has 3 rings (SSSR count). The molecule has 29 heavy (non-hydrogen) atoms. The number of rotatable bonds is 7. The third-order valence-corrected chi connectivity index (χ3v) is 6.20. The van der Waals surface area contributed by atoms with Gasteiger partial charge in [-0.05, 0) is 42.0 Å². The van der Waals surface area contributed by atoms with Crippen LogP contribution in [0.1, 0.15) is 27.3 Å². The summed E-state index contributed by atoms with van der Waals surface area (Å²) in [5, 5.41) is 16.5. The second-order valence-electron chi connectivity index (χ2n) is 6.99. The van der Waals surface area contributed by atoms with E-state index in [1.165, 1.54) is 0 Å². The molecule has 1 aromatic heterocycles. The van der Waals surface area contributed by atoms with Gasteiger partial charge in [-0.2, -0.15) is 0 Å². The Kier molecular flexibility index (Phi) is 6.09. The Bertz CT molecular complexity index is 1130. The molecule has 0 aliphatic carbocycles. The maximum atomic E-state index is 12.8. The SMILES string of the molecule is Cn1c(CC(O)(CS(N)(=O)=O)c2ccccc2)ccc1C(=O)c1ccc(Br)cc1. The number of hydrogen-bond acceptors (Lipinski definition) is 4. The Hall–Kier alpha value is -2.26. The Morgan fingerprint density at radius 3 is 2.28 bits per heavy atom. The highest BCUT2D eigenvalue weighted by Gasteiger charge is 2.35. The lowest BCUT2D eigenvalue weighted by Gasteiger charge is -2.28. The number of nitrogens with two attached hydrogens (primary N) is 1. The van der Waals surface area contributed by atoms with Gasteiger partial charge in [-0.15, -0.1) is 0 Å². The first-order valence-corrected chi connectivity index (χ1v) is 11.3. The fourth-order valence-electron chi connectivity index (χ4n) is 3.33. The minimum absolute atomic E-state index is 0.0163. The van der Waals surface area contributed by atoms with E-state index in [1.807, 2.05) is 0 Å². The number of ketones is 1. The normalized spacial score (nSPS) is 13.8. The molecule has 0 aliphatic heterocycles. The third-order valence-electron chi connectivity index (χ3n) is 4.79. The summed E-state index contributed by atoms with van der Waals surface area (Å²) in [7, 11) is -2.24. The highest BCUT2D eigenvalue weighted by Crippen LogP contribution is 2.28. The Morgan fingerprint density at radius 2 is 1.69 bits per heavy atom. The summed E-state index contributed by atoms with van der Waals surface area (Å²) in [6.45, 7) is 0. The molecule has 0 amide bonds. The molecule has 0 bridgehead atoms. The maximum Gasteiger partial charge on any atom is 0.212 e. The highest BCUT2D eigenvalue weighted by atomic mass is 79.9. The predicted molar refractivity (Wildman–Crippen MR) is 115 cm³/mol. The van der Waals surface area contributed by atoms with Crippen molar-refractivity contribution in [2.75, 3.05) is 5.75 Å². The molecule has 0 saturated carbocycles. The topological polar surface area (TPSA) is 102 Å². The molecule has 3 N–H and O–H groups in total. The molecule has 0 saturated heterocycles. The van der Waals surface area contributed by atoms with E-state index in [1.54, 1.807) is 78.3 Å². The lowest BCUT2D eigenvalue weighted by Crippen LogP contribution is -2.39. The molecule has 0 fully saturated rings. The number of aliphatic hydroxyl groups is 1. The van der Waals surface area contributed by atoms with Crippen molar-refractivity contribution in [3.8, 4) is 0 Å². The van der Waals surface area contributed by atoms with Gasteiger partial charge in [-0.3, -0.25) is 4.79 Å². The van der Waals surface area contributed by atoms with Gasteiger partial charge < -0.3 is 9.67 Å². The molecule has 1 unspecified atom stereocenters. The Balaban J connectivity index is 1.96. The van der Waals surface area contributed by atoms with E-state index in [0.29, 0.717) is 22.5 Å². The molecule has 1 heterocycles. The van der Waals surface area contributed by atoms with Gasteiger partial charge in [0.15, 0.2) is 0 Å². The largest absolute Gasteiger partial charge is 0.384 e. The van der Waals surface area contributed by atoms with Crippen molar-refractivity contribution in [3.05, 3.63) is 93.7 Å². The van der Waals surface area contributed by atoms with Gasteiger partial charge in [0.1, 0.15) is 5.60 Å². The van der Waals surface area contributed by atoms with E-state index < -0.39 is 21.4 Å². The summed E-state index contributed by atoms with van der Waals surface area (Å²) >= 11 is 3.34. The van der Waals surface area contributed by atoms with Crippen molar-refractivity contribution < 1.29 is 18.3 Å². The summed E-state index contributed by atoms with van der Waals surface area (Å²) in [4.78, 5) is 12.8. The first-order chi connectivity index (χ1) is 13.6. The highest BCUT2D eigenvalue weighted by molar-refractivity contribution is 9.10. The number of aromatic nitrogens is 1. The van der Waals surface area contributed by atoms with Crippen LogP contribution in [-0.4, -0.2) is 29.6 Å². The van der Waals surface area contributed by atoms with Gasteiger partial charge in [-0.1, -0.05) is 46.3 Å². The fourth-order valence-corrected chi connectivity index (χ4v) is 4.52. The van der Waals surface area contributed by atoms with Crippen LogP contribution in [0.3, 0.4) is 0 Å². The number of hydrogen-bond donors (Lipinski definition) is 2. The molecule has 0 radical (unpaired) electrons. The lowest BCUT2D eigenvalue weighted by atomic mass is 9.91. The van der Waals surface area contributed by atoms with Gasteiger partial charge in [0.2, 0.25) is 15.8 Å². The summed E-state index contributed by atoms with van der Waals surface area (Å²) in [6, 6.07) is 18.9. The second-order valence-corrected chi connectivity index (χ2v) is 9.52. The van der Waals surface area contributed by atoms with Crippen LogP contribution in [0, 0.1) is 0 Å². The number of benzene rings is 2. The van der Waals surface area contributed by atoms with Crippen LogP contribution < -0.4 is 5.14 Å². The Morgan fingerprint density at radius 1 is 1.07 bits per heavy atom. The van der Waals surface area contributed by atoms with E-state index in [-0.39, 0.29) is 12.2 Å². The number of nitrogens with zero attached hydrogens (tertiary/aromatic N) is 1. The summed E-state index contributed by atoms with van der Waals surface area (Å²) in [5.41, 5.74) is 0.299. The number of carbonyl (C=O) groups excluding carboxylic acids is 1. The molecule has 152 valence electrons. The smallest absolute Gasteiger partial charge is 0.212 e. The third kappa shape index (κ3) is 5.02. The fraction of sp³-hybridized carbons (Fsp3) is 0.190. The number of sulfonamides is 1. The summed E-state index contributed by atoms with van der Waals surface area (Å²) < 4.78 is 26.1. The monoisotopic (exact) mass is 476 g/mol. The molecule has 3 aromatic rings. The van der Waals surface area contributed by atoms with Crippen LogP contribution in [0.4, 0.5) is 0 Å². The van der Waals surface area contributed by atoms with Crippen LogP contribution in [0.2, 0.25) is 0 Å². The molecule has 6 nitrogen and oxygen atoms in total. The Labute approximate surface area is 178 Å². The molecule has 0 spiro atoms. The standard InChI is InChI=1S/C21H21BrN2O4S/c1-24-18(11-12-19(24)20(25)15-7-9-17(22)10-8-15)13-21(26,14-29(23,27)28)16-5-3-2-4-6-16/h2-12,26H,13-14H2,1H3,(H2,23,27,28). The van der Waals surface area contributed by atoms with Crippen LogP contribution in [-0.2, 0) is 29.1 Å². The maximum absolute atomic E-state index is 12.8. The molecule has 2 aromatic carbocycles. The molecule has 8 heteroatoms. The van der Waals surface area contributed by atoms with Crippen molar-refractivity contribution in [1.82, 2.24) is 4.57 Å². The van der Waals surface area contributed by atoms with Crippen molar-refractivity contribution in [2.45, 2.75) is 12.0 Å². The van der Waals surface area contributed by atoms with Crippen molar-refractivity contribution in [1.29, 1.82) is 0 Å². The molecule has 1 atom stereocenters. The van der Waals surface area contributed by atoms with Crippen molar-refractivity contribution in [2.24, 2.45) is 12.2 Å². The zero-order chi connectivity index (χ0) is 21.2. The first-order valence-electron chi connectivity index (χ1n) is 8.82. The van der Waals surface area contributed by atoms with E-state index in [2.05, 4.69) is 15.9 Å². The van der Waals surface area contributed by atoms with Crippen LogP contribution in [0.5, 0.6) is 0 Å². The number of primary sulfonamides is 1. The van der Waals surface area contributed by atoms with Crippen molar-refractivity contribution >= 4 is 31.7 Å². The zero-order valence-electron chi connectivity index (χ0n) is 15.7. The van der Waals surface area contributed by atoms with Crippen LogP contribution in [0.15, 0.2) is 71.2 Å². The minimum atomic E-state index is -3.95. The van der Waals surface area contributed by atoms with Crippen molar-refractivity contribution in [3.63, 3.8) is 0 Å². The minimum Gasteiger partial charge on any atom is -0.384 e. The molecular formula is C21H21BrN2O4S. The predicted octanol–water partition coefficient (Wildman–Crippen LogP) is 2.74. The second kappa shape index (κ2) is 8.23. The van der Waals surface area contributed by atoms with Crippen LogP contribution >= 0.6 is 15.9 Å². The summed E-state index contributed by atoms with van der Waals surface area (Å²) in [5.74, 6) is -0.800. The average Bonchev–Trinajstić information content (AvgIpc) is 3.01.